The van der Waals surface area contributed by atoms with Crippen molar-refractivity contribution in [2.24, 2.45) is 5.73 Å². The summed E-state index contributed by atoms with van der Waals surface area (Å²) in [4.78, 5) is 12.1. The van der Waals surface area contributed by atoms with Gasteiger partial charge in [0.1, 0.15) is 6.07 Å². The van der Waals surface area contributed by atoms with Crippen molar-refractivity contribution in [1.29, 1.82) is 5.26 Å². The Labute approximate surface area is 188 Å². The molecule has 1 unspecified atom stereocenters. The second-order valence-electron chi connectivity index (χ2n) is 9.46. The maximum Gasteiger partial charge on any atom is 0.101 e. The molecule has 0 radical (unpaired) electrons. The first-order valence-corrected chi connectivity index (χ1v) is 11.5. The smallest absolute Gasteiger partial charge is 0.101 e. The Hall–Kier alpha value is -3.14. The van der Waals surface area contributed by atoms with Gasteiger partial charge in [-0.15, -0.1) is 0 Å². The molecule has 0 saturated carbocycles. The first kappa shape index (κ1) is 19.5. The number of fused-ring (bicyclic) bond motifs is 4. The largest absolute Gasteiger partial charge is 0.370 e. The number of pyridine rings is 1. The van der Waals surface area contributed by atoms with Crippen LogP contribution in [-0.2, 0) is 6.54 Å². The van der Waals surface area contributed by atoms with Crippen LogP contribution in [0.5, 0.6) is 0 Å². The van der Waals surface area contributed by atoms with Gasteiger partial charge in [0.2, 0.25) is 0 Å². The molecule has 32 heavy (non-hydrogen) atoms. The molecule has 1 aromatic heterocycles. The summed E-state index contributed by atoms with van der Waals surface area (Å²) in [5.74, 6) is 0. The maximum atomic E-state index is 9.51. The van der Waals surface area contributed by atoms with E-state index in [1.165, 1.54) is 22.5 Å². The SMILES string of the molecule is C[C@@H]1CN(c2ccc(C#N)c3ncccc23)CC2c3ccc(N4CC[C@@H](N)C4)cc3CN21. The Kier molecular flexibility index (Phi) is 4.56. The lowest BCUT2D eigenvalue weighted by Crippen LogP contribution is -2.51. The molecule has 3 aliphatic heterocycles. The lowest BCUT2D eigenvalue weighted by Gasteiger charge is -2.43. The molecule has 6 nitrogen and oxygen atoms in total. The molecule has 4 heterocycles. The summed E-state index contributed by atoms with van der Waals surface area (Å²) in [5.41, 5.74) is 13.0. The Balaban J connectivity index is 1.33. The normalized spacial score (nSPS) is 25.1. The van der Waals surface area contributed by atoms with Gasteiger partial charge >= 0.3 is 0 Å². The summed E-state index contributed by atoms with van der Waals surface area (Å²) in [7, 11) is 0. The van der Waals surface area contributed by atoms with E-state index in [4.69, 9.17) is 5.73 Å². The van der Waals surface area contributed by atoms with Crippen LogP contribution in [-0.4, -0.2) is 48.1 Å². The minimum Gasteiger partial charge on any atom is -0.370 e. The number of benzene rings is 2. The van der Waals surface area contributed by atoms with Crippen LogP contribution in [0, 0.1) is 11.3 Å². The van der Waals surface area contributed by atoms with Crippen LogP contribution >= 0.6 is 0 Å². The summed E-state index contributed by atoms with van der Waals surface area (Å²) >= 11 is 0. The van der Waals surface area contributed by atoms with Crippen molar-refractivity contribution in [2.75, 3.05) is 36.0 Å². The van der Waals surface area contributed by atoms with Crippen molar-refractivity contribution in [3.05, 3.63) is 65.4 Å². The first-order valence-electron chi connectivity index (χ1n) is 11.5. The minimum atomic E-state index is 0.292. The molecule has 0 amide bonds. The first-order chi connectivity index (χ1) is 15.6. The van der Waals surface area contributed by atoms with E-state index in [-0.39, 0.29) is 0 Å². The summed E-state index contributed by atoms with van der Waals surface area (Å²) in [6, 6.07) is 18.5. The fourth-order valence-electron chi connectivity index (χ4n) is 5.85. The third kappa shape index (κ3) is 3.04. The van der Waals surface area contributed by atoms with Crippen LogP contribution in [0.2, 0.25) is 0 Å². The zero-order valence-electron chi connectivity index (χ0n) is 18.4. The molecule has 3 aliphatic rings. The Morgan fingerprint density at radius 2 is 2.00 bits per heavy atom. The van der Waals surface area contributed by atoms with Gasteiger partial charge in [0.05, 0.1) is 17.1 Å². The van der Waals surface area contributed by atoms with Crippen molar-refractivity contribution in [3.8, 4) is 6.07 Å². The highest BCUT2D eigenvalue weighted by Gasteiger charge is 2.39. The number of anilines is 2. The Morgan fingerprint density at radius 3 is 2.81 bits per heavy atom. The standard InChI is InChI=1S/C26H28N6/c1-17-13-31(24-7-4-18(12-27)26-23(24)3-2-9-29-26)16-25-22-6-5-21(11-19(22)14-32(17)25)30-10-8-20(28)15-30/h2-7,9,11,17,20,25H,8,10,13-16,28H2,1H3/t17-,20-,25?/m1/s1. The monoisotopic (exact) mass is 424 g/mol. The van der Waals surface area contributed by atoms with E-state index < -0.39 is 0 Å². The van der Waals surface area contributed by atoms with Gasteiger partial charge in [-0.25, -0.2) is 0 Å². The van der Waals surface area contributed by atoms with E-state index in [9.17, 15) is 5.26 Å². The van der Waals surface area contributed by atoms with Crippen molar-refractivity contribution < 1.29 is 0 Å². The second-order valence-corrected chi connectivity index (χ2v) is 9.46. The highest BCUT2D eigenvalue weighted by molar-refractivity contribution is 5.95. The number of nitrogens with zero attached hydrogens (tertiary/aromatic N) is 5. The van der Waals surface area contributed by atoms with Crippen LogP contribution < -0.4 is 15.5 Å². The van der Waals surface area contributed by atoms with Crippen molar-refractivity contribution in [2.45, 2.75) is 38.0 Å². The van der Waals surface area contributed by atoms with E-state index >= 15 is 0 Å². The van der Waals surface area contributed by atoms with Crippen LogP contribution in [0.15, 0.2) is 48.7 Å². The van der Waals surface area contributed by atoms with Gasteiger partial charge in [0, 0.05) is 67.8 Å². The molecule has 0 aliphatic carbocycles. The molecule has 2 N–H and O–H groups in total. The van der Waals surface area contributed by atoms with Gasteiger partial charge in [-0.1, -0.05) is 6.07 Å². The average Bonchev–Trinajstić information content (AvgIpc) is 3.41. The van der Waals surface area contributed by atoms with Crippen LogP contribution in [0.1, 0.15) is 36.1 Å². The molecule has 6 heteroatoms. The third-order valence-corrected chi connectivity index (χ3v) is 7.48. The molecule has 0 spiro atoms. The zero-order chi connectivity index (χ0) is 21.8. The van der Waals surface area contributed by atoms with Gasteiger partial charge in [-0.05, 0) is 60.9 Å². The predicted molar refractivity (Wildman–Crippen MR) is 128 cm³/mol. The van der Waals surface area contributed by atoms with Gasteiger partial charge in [-0.2, -0.15) is 5.26 Å². The molecule has 162 valence electrons. The number of rotatable bonds is 2. The molecule has 0 bridgehead atoms. The number of aromatic nitrogens is 1. The second kappa shape index (κ2) is 7.47. The summed E-state index contributed by atoms with van der Waals surface area (Å²) in [6.45, 7) is 7.26. The fourth-order valence-corrected chi connectivity index (χ4v) is 5.85. The van der Waals surface area contributed by atoms with Gasteiger partial charge in [0.25, 0.3) is 0 Å². The number of nitriles is 1. The topological polar surface area (TPSA) is 72.4 Å². The molecule has 6 rings (SSSR count). The van der Waals surface area contributed by atoms with E-state index in [2.05, 4.69) is 63.0 Å². The predicted octanol–water partition coefficient (Wildman–Crippen LogP) is 3.41. The van der Waals surface area contributed by atoms with Crippen LogP contribution in [0.4, 0.5) is 11.4 Å². The third-order valence-electron chi connectivity index (χ3n) is 7.48. The Morgan fingerprint density at radius 1 is 1.09 bits per heavy atom. The van der Waals surface area contributed by atoms with E-state index in [0.717, 1.165) is 50.0 Å². The molecular formula is C26H28N6. The average molecular weight is 425 g/mol. The van der Waals surface area contributed by atoms with Crippen LogP contribution in [0.25, 0.3) is 10.9 Å². The lowest BCUT2D eigenvalue weighted by atomic mass is 9.99. The zero-order valence-corrected chi connectivity index (χ0v) is 18.4. The molecule has 2 saturated heterocycles. The van der Waals surface area contributed by atoms with Crippen molar-refractivity contribution in [3.63, 3.8) is 0 Å². The highest BCUT2D eigenvalue weighted by atomic mass is 15.3. The summed E-state index contributed by atoms with van der Waals surface area (Å²) in [5, 5.41) is 10.6. The fraction of sp³-hybridized carbons (Fsp3) is 0.385. The number of piperazine rings is 1. The highest BCUT2D eigenvalue weighted by Crippen LogP contribution is 2.42. The van der Waals surface area contributed by atoms with Crippen molar-refractivity contribution >= 4 is 22.3 Å². The number of hydrogen-bond donors (Lipinski definition) is 1. The van der Waals surface area contributed by atoms with Gasteiger partial charge in [-0.3, -0.25) is 9.88 Å². The van der Waals surface area contributed by atoms with E-state index in [1.54, 1.807) is 6.20 Å². The minimum absolute atomic E-state index is 0.292. The number of nitrogens with two attached hydrogens (primary N) is 1. The molecule has 2 fully saturated rings. The lowest BCUT2D eigenvalue weighted by molar-refractivity contribution is 0.134. The summed E-state index contributed by atoms with van der Waals surface area (Å²) in [6.07, 6.45) is 2.84. The Bertz CT molecular complexity index is 1230. The van der Waals surface area contributed by atoms with Crippen molar-refractivity contribution in [1.82, 2.24) is 9.88 Å². The quantitative estimate of drug-likeness (QED) is 0.680. The summed E-state index contributed by atoms with van der Waals surface area (Å²) < 4.78 is 0. The van der Waals surface area contributed by atoms with Gasteiger partial charge in [0.15, 0.2) is 0 Å². The van der Waals surface area contributed by atoms with Crippen LogP contribution in [0.3, 0.4) is 0 Å². The molecule has 3 aromatic rings. The maximum absolute atomic E-state index is 9.51. The number of hydrogen-bond acceptors (Lipinski definition) is 6. The molecule has 3 atom stereocenters. The van der Waals surface area contributed by atoms with E-state index in [0.29, 0.717) is 23.7 Å². The van der Waals surface area contributed by atoms with E-state index in [1.807, 2.05) is 12.1 Å². The molecular weight excluding hydrogens is 396 g/mol. The molecule has 2 aromatic carbocycles. The van der Waals surface area contributed by atoms with Gasteiger partial charge < -0.3 is 15.5 Å².